The molecule has 0 unspecified atom stereocenters. The number of aromatic nitrogens is 1. The maximum atomic E-state index is 4.13. The third-order valence-corrected chi connectivity index (χ3v) is 3.58. The molecule has 0 aliphatic heterocycles. The van der Waals surface area contributed by atoms with Crippen LogP contribution in [0.15, 0.2) is 24.5 Å². The number of nitrogens with one attached hydrogen (secondary N) is 1. The van der Waals surface area contributed by atoms with E-state index in [1.54, 1.807) is 0 Å². The normalized spacial score (nSPS) is 25.3. The van der Waals surface area contributed by atoms with Crippen molar-refractivity contribution in [3.63, 3.8) is 0 Å². The number of hydrogen-bond donors (Lipinski definition) is 1. The highest BCUT2D eigenvalue weighted by molar-refractivity contribution is 5.40. The summed E-state index contributed by atoms with van der Waals surface area (Å²) in [6, 6.07) is 4.76. The third-order valence-electron chi connectivity index (χ3n) is 3.58. The summed E-state index contributed by atoms with van der Waals surface area (Å²) in [5.74, 6) is 0.983. The Labute approximate surface area is 98.5 Å². The van der Waals surface area contributed by atoms with Crippen LogP contribution in [0.3, 0.4) is 0 Å². The third kappa shape index (κ3) is 3.22. The second kappa shape index (κ2) is 5.88. The Hall–Kier alpha value is -1.05. The smallest absolute Gasteiger partial charge is 0.0528 e. The number of anilines is 1. The Morgan fingerprint density at radius 3 is 2.75 bits per heavy atom. The van der Waals surface area contributed by atoms with Gasteiger partial charge >= 0.3 is 0 Å². The van der Waals surface area contributed by atoms with Gasteiger partial charge in [0, 0.05) is 18.4 Å². The molecule has 2 nitrogen and oxygen atoms in total. The van der Waals surface area contributed by atoms with Crippen LogP contribution in [0.1, 0.15) is 45.4 Å². The number of rotatable bonds is 4. The minimum Gasteiger partial charge on any atom is -0.381 e. The number of pyridine rings is 1. The molecule has 1 aliphatic rings. The molecule has 0 aromatic carbocycles. The lowest BCUT2D eigenvalue weighted by Crippen LogP contribution is -2.26. The van der Waals surface area contributed by atoms with Gasteiger partial charge in [-0.1, -0.05) is 19.8 Å². The molecule has 0 amide bonds. The van der Waals surface area contributed by atoms with Gasteiger partial charge in [0.1, 0.15) is 0 Å². The Morgan fingerprint density at radius 2 is 2.12 bits per heavy atom. The van der Waals surface area contributed by atoms with Crippen molar-refractivity contribution >= 4 is 5.69 Å². The quantitative estimate of drug-likeness (QED) is 0.830. The molecule has 0 radical (unpaired) electrons. The molecule has 2 heteroatoms. The summed E-state index contributed by atoms with van der Waals surface area (Å²) in [7, 11) is 0. The summed E-state index contributed by atoms with van der Waals surface area (Å²) in [4.78, 5) is 4.13. The molecular weight excluding hydrogens is 196 g/mol. The van der Waals surface area contributed by atoms with Gasteiger partial charge in [-0.05, 0) is 43.7 Å². The van der Waals surface area contributed by atoms with Gasteiger partial charge in [0.05, 0.1) is 5.69 Å². The summed E-state index contributed by atoms with van der Waals surface area (Å²) in [5, 5.41) is 3.58. The van der Waals surface area contributed by atoms with Crippen molar-refractivity contribution in [1.82, 2.24) is 4.98 Å². The maximum Gasteiger partial charge on any atom is 0.0528 e. The van der Waals surface area contributed by atoms with Crippen LogP contribution in [0.2, 0.25) is 0 Å². The van der Waals surface area contributed by atoms with Crippen molar-refractivity contribution in [2.24, 2.45) is 5.92 Å². The van der Waals surface area contributed by atoms with Crippen molar-refractivity contribution in [1.29, 1.82) is 0 Å². The minimum absolute atomic E-state index is 0.664. The maximum absolute atomic E-state index is 4.13. The zero-order valence-electron chi connectivity index (χ0n) is 10.2. The van der Waals surface area contributed by atoms with E-state index in [1.807, 2.05) is 18.5 Å². The second-order valence-electron chi connectivity index (χ2n) is 4.89. The van der Waals surface area contributed by atoms with Crippen LogP contribution in [-0.4, -0.2) is 11.0 Å². The average Bonchev–Trinajstić information content (AvgIpc) is 2.33. The van der Waals surface area contributed by atoms with E-state index in [4.69, 9.17) is 0 Å². The molecule has 0 spiro atoms. The fraction of sp³-hybridized carbons (Fsp3) is 0.643. The zero-order valence-corrected chi connectivity index (χ0v) is 10.2. The lowest BCUT2D eigenvalue weighted by molar-refractivity contribution is 0.319. The van der Waals surface area contributed by atoms with Crippen molar-refractivity contribution < 1.29 is 0 Å². The molecule has 1 N–H and O–H groups in total. The molecule has 1 saturated carbocycles. The van der Waals surface area contributed by atoms with E-state index in [1.165, 1.54) is 44.2 Å². The van der Waals surface area contributed by atoms with Gasteiger partial charge in [-0.15, -0.1) is 0 Å². The first-order valence-electron chi connectivity index (χ1n) is 6.55. The highest BCUT2D eigenvalue weighted by atomic mass is 14.9. The van der Waals surface area contributed by atoms with Crippen molar-refractivity contribution in [2.45, 2.75) is 51.5 Å². The monoisotopic (exact) mass is 218 g/mol. The van der Waals surface area contributed by atoms with Crippen LogP contribution < -0.4 is 5.32 Å². The SMILES string of the molecule is CCCC1CCC(Nc2cccnc2)CC1. The molecule has 1 aromatic rings. The van der Waals surface area contributed by atoms with E-state index < -0.39 is 0 Å². The molecule has 1 aliphatic carbocycles. The highest BCUT2D eigenvalue weighted by Crippen LogP contribution is 2.29. The van der Waals surface area contributed by atoms with Crippen LogP contribution in [0, 0.1) is 5.92 Å². The van der Waals surface area contributed by atoms with Gasteiger partial charge in [-0.25, -0.2) is 0 Å². The molecule has 1 fully saturated rings. The highest BCUT2D eigenvalue weighted by Gasteiger charge is 2.20. The van der Waals surface area contributed by atoms with E-state index in [0.717, 1.165) is 5.92 Å². The molecule has 0 saturated heterocycles. The van der Waals surface area contributed by atoms with Crippen LogP contribution in [-0.2, 0) is 0 Å². The lowest BCUT2D eigenvalue weighted by atomic mass is 9.83. The summed E-state index contributed by atoms with van der Waals surface area (Å²) in [6.45, 7) is 2.29. The zero-order chi connectivity index (χ0) is 11.2. The van der Waals surface area contributed by atoms with E-state index in [9.17, 15) is 0 Å². The predicted octanol–water partition coefficient (Wildman–Crippen LogP) is 3.85. The molecule has 1 aromatic heterocycles. The van der Waals surface area contributed by atoms with Gasteiger partial charge < -0.3 is 5.32 Å². The van der Waals surface area contributed by atoms with Gasteiger partial charge in [-0.2, -0.15) is 0 Å². The van der Waals surface area contributed by atoms with E-state index in [0.29, 0.717) is 6.04 Å². The predicted molar refractivity (Wildman–Crippen MR) is 68.5 cm³/mol. The Kier molecular flexibility index (Phi) is 4.20. The first-order valence-corrected chi connectivity index (χ1v) is 6.55. The molecule has 0 bridgehead atoms. The van der Waals surface area contributed by atoms with E-state index in [-0.39, 0.29) is 0 Å². The fourth-order valence-corrected chi connectivity index (χ4v) is 2.69. The topological polar surface area (TPSA) is 24.9 Å². The average molecular weight is 218 g/mol. The Bertz CT molecular complexity index is 289. The fourth-order valence-electron chi connectivity index (χ4n) is 2.69. The first-order chi connectivity index (χ1) is 7.88. The van der Waals surface area contributed by atoms with Crippen molar-refractivity contribution in [3.05, 3.63) is 24.5 Å². The number of hydrogen-bond acceptors (Lipinski definition) is 2. The molecule has 2 rings (SSSR count). The standard InChI is InChI=1S/C14H22N2/c1-2-4-12-6-8-13(9-7-12)16-14-5-3-10-15-11-14/h3,5,10-13,16H,2,4,6-9H2,1H3. The summed E-state index contributed by atoms with van der Waals surface area (Å²) < 4.78 is 0. The Morgan fingerprint density at radius 1 is 1.31 bits per heavy atom. The summed E-state index contributed by atoms with van der Waals surface area (Å²) in [6.07, 6.45) is 11.9. The minimum atomic E-state index is 0.664. The molecule has 88 valence electrons. The number of nitrogens with zero attached hydrogens (tertiary/aromatic N) is 1. The van der Waals surface area contributed by atoms with Gasteiger partial charge in [0.15, 0.2) is 0 Å². The molecule has 0 atom stereocenters. The largest absolute Gasteiger partial charge is 0.381 e. The van der Waals surface area contributed by atoms with Crippen LogP contribution in [0.4, 0.5) is 5.69 Å². The summed E-state index contributed by atoms with van der Waals surface area (Å²) >= 11 is 0. The lowest BCUT2D eigenvalue weighted by Gasteiger charge is -2.29. The second-order valence-corrected chi connectivity index (χ2v) is 4.89. The van der Waals surface area contributed by atoms with Crippen LogP contribution >= 0.6 is 0 Å². The van der Waals surface area contributed by atoms with E-state index in [2.05, 4.69) is 23.3 Å². The summed E-state index contributed by atoms with van der Waals surface area (Å²) in [5.41, 5.74) is 1.17. The van der Waals surface area contributed by atoms with E-state index >= 15 is 0 Å². The molecule has 1 heterocycles. The molecule has 16 heavy (non-hydrogen) atoms. The Balaban J connectivity index is 1.77. The van der Waals surface area contributed by atoms with Crippen LogP contribution in [0.5, 0.6) is 0 Å². The van der Waals surface area contributed by atoms with Gasteiger partial charge in [0.25, 0.3) is 0 Å². The van der Waals surface area contributed by atoms with Crippen molar-refractivity contribution in [3.8, 4) is 0 Å². The van der Waals surface area contributed by atoms with Crippen LogP contribution in [0.25, 0.3) is 0 Å². The van der Waals surface area contributed by atoms with Gasteiger partial charge in [-0.3, -0.25) is 4.98 Å². The van der Waals surface area contributed by atoms with Crippen molar-refractivity contribution in [2.75, 3.05) is 5.32 Å². The van der Waals surface area contributed by atoms with Gasteiger partial charge in [0.2, 0.25) is 0 Å². The molecular formula is C14H22N2. The first kappa shape index (κ1) is 11.4.